The van der Waals surface area contributed by atoms with Crippen LogP contribution in [-0.4, -0.2) is 34.4 Å². The fraction of sp³-hybridized carbons (Fsp3) is 0.364. The molecular formula is C11H11N3O4. The second kappa shape index (κ2) is 4.26. The highest BCUT2D eigenvalue weighted by Gasteiger charge is 2.23. The summed E-state index contributed by atoms with van der Waals surface area (Å²) in [7, 11) is 0. The lowest BCUT2D eigenvalue weighted by Crippen LogP contribution is -2.16. The Bertz CT molecular complexity index is 589. The van der Waals surface area contributed by atoms with Gasteiger partial charge in [-0.3, -0.25) is 15.2 Å². The Morgan fingerprint density at radius 1 is 1.56 bits per heavy atom. The summed E-state index contributed by atoms with van der Waals surface area (Å²) in [5, 5.41) is 18.3. The number of nitro benzene ring substituents is 1. The molecule has 0 bridgehead atoms. The Balaban J connectivity index is 2.00. The van der Waals surface area contributed by atoms with E-state index in [0.29, 0.717) is 18.6 Å². The van der Waals surface area contributed by atoms with Crippen molar-refractivity contribution in [2.45, 2.75) is 12.5 Å². The topological polar surface area (TPSA) is 90.3 Å². The Hall–Kier alpha value is -2.15. The van der Waals surface area contributed by atoms with Crippen molar-refractivity contribution < 1.29 is 14.4 Å². The highest BCUT2D eigenvalue weighted by Crippen LogP contribution is 2.32. The van der Waals surface area contributed by atoms with E-state index in [4.69, 9.17) is 9.47 Å². The van der Waals surface area contributed by atoms with Gasteiger partial charge in [-0.15, -0.1) is 0 Å². The molecule has 0 saturated carbocycles. The summed E-state index contributed by atoms with van der Waals surface area (Å²) in [6, 6.07) is 3.07. The number of nitrogens with zero attached hydrogens (tertiary/aromatic N) is 2. The van der Waals surface area contributed by atoms with Crippen molar-refractivity contribution in [3.63, 3.8) is 0 Å². The molecule has 1 aliphatic heterocycles. The maximum Gasteiger partial charge on any atom is 0.311 e. The van der Waals surface area contributed by atoms with E-state index < -0.39 is 4.92 Å². The van der Waals surface area contributed by atoms with Gasteiger partial charge < -0.3 is 9.47 Å². The number of ether oxygens (including phenoxy) is 2. The number of rotatable bonds is 3. The minimum Gasteiger partial charge on any atom is -0.481 e. The monoisotopic (exact) mass is 249 g/mol. The molecule has 2 aromatic rings. The van der Waals surface area contributed by atoms with E-state index in [1.165, 1.54) is 6.07 Å². The molecule has 1 aromatic carbocycles. The minimum absolute atomic E-state index is 0.0456. The highest BCUT2D eigenvalue weighted by atomic mass is 16.6. The molecule has 18 heavy (non-hydrogen) atoms. The van der Waals surface area contributed by atoms with Crippen molar-refractivity contribution in [1.29, 1.82) is 0 Å². The summed E-state index contributed by atoms with van der Waals surface area (Å²) in [5.74, 6) is 0.257. The van der Waals surface area contributed by atoms with Crippen LogP contribution in [0.5, 0.6) is 5.75 Å². The number of hydrogen-bond acceptors (Lipinski definition) is 5. The lowest BCUT2D eigenvalue weighted by atomic mass is 10.2. The van der Waals surface area contributed by atoms with Gasteiger partial charge in [0.15, 0.2) is 5.75 Å². The number of H-pyrrole nitrogens is 1. The quantitative estimate of drug-likeness (QED) is 0.659. The first-order valence-electron chi connectivity index (χ1n) is 5.60. The third-order valence-corrected chi connectivity index (χ3v) is 2.90. The molecule has 0 radical (unpaired) electrons. The Morgan fingerprint density at radius 3 is 3.17 bits per heavy atom. The molecule has 1 aliphatic rings. The molecule has 0 aliphatic carbocycles. The van der Waals surface area contributed by atoms with Crippen molar-refractivity contribution >= 4 is 16.6 Å². The van der Waals surface area contributed by atoms with E-state index in [2.05, 4.69) is 10.2 Å². The van der Waals surface area contributed by atoms with Crippen LogP contribution in [0.25, 0.3) is 10.9 Å². The summed E-state index contributed by atoms with van der Waals surface area (Å²) < 4.78 is 10.8. The maximum absolute atomic E-state index is 11.0. The zero-order valence-corrected chi connectivity index (χ0v) is 9.46. The largest absolute Gasteiger partial charge is 0.481 e. The van der Waals surface area contributed by atoms with Gasteiger partial charge in [0.1, 0.15) is 6.10 Å². The summed E-state index contributed by atoms with van der Waals surface area (Å²) in [4.78, 5) is 10.6. The lowest BCUT2D eigenvalue weighted by Gasteiger charge is -2.11. The van der Waals surface area contributed by atoms with Gasteiger partial charge in [-0.25, -0.2) is 0 Å². The van der Waals surface area contributed by atoms with E-state index in [9.17, 15) is 10.1 Å². The molecule has 0 unspecified atom stereocenters. The summed E-state index contributed by atoms with van der Waals surface area (Å²) in [6.45, 7) is 1.10. The molecule has 0 spiro atoms. The predicted octanol–water partition coefficient (Wildman–Crippen LogP) is 1.64. The van der Waals surface area contributed by atoms with Crippen molar-refractivity contribution in [3.8, 4) is 5.75 Å². The van der Waals surface area contributed by atoms with Crippen molar-refractivity contribution in [2.24, 2.45) is 0 Å². The van der Waals surface area contributed by atoms with Crippen LogP contribution in [0.4, 0.5) is 5.69 Å². The lowest BCUT2D eigenvalue weighted by molar-refractivity contribution is -0.385. The van der Waals surface area contributed by atoms with E-state index >= 15 is 0 Å². The molecule has 94 valence electrons. The number of fused-ring (bicyclic) bond motifs is 1. The molecule has 1 atom stereocenters. The molecule has 3 rings (SSSR count). The van der Waals surface area contributed by atoms with Crippen LogP contribution < -0.4 is 4.74 Å². The average Bonchev–Trinajstić information content (AvgIpc) is 2.97. The Labute approximate surface area is 102 Å². The number of aromatic nitrogens is 2. The number of aromatic amines is 1. The van der Waals surface area contributed by atoms with E-state index in [1.54, 1.807) is 12.3 Å². The van der Waals surface area contributed by atoms with Crippen LogP contribution in [0.15, 0.2) is 18.3 Å². The number of nitrogens with one attached hydrogen (secondary N) is 1. The Kier molecular flexibility index (Phi) is 2.60. The molecule has 7 heteroatoms. The van der Waals surface area contributed by atoms with Gasteiger partial charge in [0.2, 0.25) is 0 Å². The molecule has 2 heterocycles. The smallest absolute Gasteiger partial charge is 0.311 e. The zero-order valence-electron chi connectivity index (χ0n) is 9.46. The summed E-state index contributed by atoms with van der Waals surface area (Å²) in [6.07, 6.45) is 2.17. The zero-order chi connectivity index (χ0) is 12.5. The minimum atomic E-state index is -0.447. The molecule has 0 amide bonds. The number of hydrogen-bond donors (Lipinski definition) is 1. The van der Waals surface area contributed by atoms with Crippen LogP contribution >= 0.6 is 0 Å². The second-order valence-corrected chi connectivity index (χ2v) is 4.14. The number of nitro groups is 1. The first kappa shape index (κ1) is 11.0. The third kappa shape index (κ3) is 1.88. The standard InChI is InChI=1S/C11H11N3O4/c15-14(16)10-3-7-5-12-13-9(7)4-11(10)18-8-1-2-17-6-8/h3-5,8H,1-2,6H2,(H,12,13)/t8-/m0/s1. The van der Waals surface area contributed by atoms with Gasteiger partial charge in [-0.05, 0) is 0 Å². The summed E-state index contributed by atoms with van der Waals surface area (Å²) >= 11 is 0. The van der Waals surface area contributed by atoms with E-state index in [-0.39, 0.29) is 17.5 Å². The highest BCUT2D eigenvalue weighted by molar-refractivity contribution is 5.83. The van der Waals surface area contributed by atoms with Crippen LogP contribution in [0.1, 0.15) is 6.42 Å². The van der Waals surface area contributed by atoms with Gasteiger partial charge in [-0.1, -0.05) is 0 Å². The fourth-order valence-corrected chi connectivity index (χ4v) is 1.98. The third-order valence-electron chi connectivity index (χ3n) is 2.90. The molecule has 1 aromatic heterocycles. The van der Waals surface area contributed by atoms with Crippen LogP contribution in [0.2, 0.25) is 0 Å². The average molecular weight is 249 g/mol. The van der Waals surface area contributed by atoms with Gasteiger partial charge in [-0.2, -0.15) is 5.10 Å². The van der Waals surface area contributed by atoms with Crippen molar-refractivity contribution in [2.75, 3.05) is 13.2 Å². The Morgan fingerprint density at radius 2 is 2.44 bits per heavy atom. The number of benzene rings is 1. The molecule has 1 saturated heterocycles. The maximum atomic E-state index is 11.0. The van der Waals surface area contributed by atoms with Gasteiger partial charge in [0.05, 0.1) is 29.9 Å². The fourth-order valence-electron chi connectivity index (χ4n) is 1.98. The molecule has 7 nitrogen and oxygen atoms in total. The van der Waals surface area contributed by atoms with Crippen molar-refractivity contribution in [3.05, 3.63) is 28.4 Å². The van der Waals surface area contributed by atoms with Gasteiger partial charge >= 0.3 is 5.69 Å². The summed E-state index contributed by atoms with van der Waals surface area (Å²) in [5.41, 5.74) is 0.672. The SMILES string of the molecule is O=[N+]([O-])c1cc2cn[nH]c2cc1O[C@H]1CCOC1. The van der Waals surface area contributed by atoms with E-state index in [1.807, 2.05) is 0 Å². The van der Waals surface area contributed by atoms with Gasteiger partial charge in [0, 0.05) is 23.9 Å². The van der Waals surface area contributed by atoms with E-state index in [0.717, 1.165) is 11.9 Å². The second-order valence-electron chi connectivity index (χ2n) is 4.14. The predicted molar refractivity (Wildman–Crippen MR) is 62.6 cm³/mol. The molecule has 1 N–H and O–H groups in total. The van der Waals surface area contributed by atoms with Gasteiger partial charge in [0.25, 0.3) is 0 Å². The molecule has 1 fully saturated rings. The van der Waals surface area contributed by atoms with Crippen LogP contribution in [-0.2, 0) is 4.74 Å². The van der Waals surface area contributed by atoms with Crippen LogP contribution in [0, 0.1) is 10.1 Å². The normalized spacial score (nSPS) is 19.2. The van der Waals surface area contributed by atoms with Crippen LogP contribution in [0.3, 0.4) is 0 Å². The first-order valence-corrected chi connectivity index (χ1v) is 5.60. The van der Waals surface area contributed by atoms with Crippen molar-refractivity contribution in [1.82, 2.24) is 10.2 Å². The first-order chi connectivity index (χ1) is 8.74. The molecular weight excluding hydrogens is 238 g/mol.